The van der Waals surface area contributed by atoms with Crippen LogP contribution in [0.3, 0.4) is 0 Å². The number of hydrogen-bond donors (Lipinski definition) is 1. The molecule has 1 amide bonds. The molecule has 13 heteroatoms. The van der Waals surface area contributed by atoms with E-state index in [0.29, 0.717) is 18.7 Å². The van der Waals surface area contributed by atoms with Gasteiger partial charge in [0, 0.05) is 30.8 Å². The minimum atomic E-state index is -2.58. The molecule has 1 aliphatic heterocycles. The van der Waals surface area contributed by atoms with Gasteiger partial charge in [-0.3, -0.25) is 9.48 Å². The zero-order valence-electron chi connectivity index (χ0n) is 18.0. The number of aromatic nitrogens is 6. The van der Waals surface area contributed by atoms with Gasteiger partial charge in [0.1, 0.15) is 17.9 Å². The number of nitrogens with two attached hydrogens (primary N) is 1. The molecule has 0 spiro atoms. The highest BCUT2D eigenvalue weighted by Gasteiger charge is 2.33. The van der Waals surface area contributed by atoms with Crippen LogP contribution in [0.5, 0.6) is 0 Å². The first-order valence-corrected chi connectivity index (χ1v) is 10.6. The molecule has 9 nitrogen and oxygen atoms in total. The van der Waals surface area contributed by atoms with E-state index in [1.165, 1.54) is 16.9 Å². The quantitative estimate of drug-likeness (QED) is 0.454. The number of alkyl halides is 2. The van der Waals surface area contributed by atoms with Gasteiger partial charge >= 0.3 is 0 Å². The van der Waals surface area contributed by atoms with Gasteiger partial charge in [0.2, 0.25) is 5.95 Å². The third-order valence-corrected chi connectivity index (χ3v) is 6.05. The van der Waals surface area contributed by atoms with Crippen LogP contribution in [-0.4, -0.2) is 59.2 Å². The number of likely N-dealkylation sites (tertiary alicyclic amines) is 1. The summed E-state index contributed by atoms with van der Waals surface area (Å²) in [4.78, 5) is 23.2. The van der Waals surface area contributed by atoms with Crippen molar-refractivity contribution in [1.29, 1.82) is 0 Å². The molecule has 3 aromatic heterocycles. The summed E-state index contributed by atoms with van der Waals surface area (Å²) in [5.41, 5.74) is 6.21. The maximum atomic E-state index is 14.2. The van der Waals surface area contributed by atoms with Crippen molar-refractivity contribution in [3.63, 3.8) is 0 Å². The van der Waals surface area contributed by atoms with E-state index in [4.69, 9.17) is 5.73 Å². The van der Waals surface area contributed by atoms with Crippen molar-refractivity contribution >= 4 is 28.4 Å². The fourth-order valence-electron chi connectivity index (χ4n) is 4.33. The van der Waals surface area contributed by atoms with E-state index in [2.05, 4.69) is 20.2 Å². The van der Waals surface area contributed by atoms with E-state index in [1.807, 2.05) is 6.92 Å². The van der Waals surface area contributed by atoms with E-state index in [9.17, 15) is 22.4 Å². The van der Waals surface area contributed by atoms with Crippen LogP contribution in [0.15, 0.2) is 24.5 Å². The summed E-state index contributed by atoms with van der Waals surface area (Å²) in [5, 5.41) is 8.38. The Labute approximate surface area is 190 Å². The number of benzene rings is 1. The van der Waals surface area contributed by atoms with E-state index in [-0.39, 0.29) is 52.5 Å². The molecule has 1 aliphatic rings. The molecular weight excluding hydrogens is 456 g/mol. The fraction of sp³-hybridized carbons (Fsp3) is 0.381. The third kappa shape index (κ3) is 3.80. The van der Waals surface area contributed by atoms with E-state index in [1.54, 1.807) is 4.90 Å². The first-order chi connectivity index (χ1) is 16.2. The lowest BCUT2D eigenvalue weighted by molar-refractivity contribution is 0.0605. The summed E-state index contributed by atoms with van der Waals surface area (Å²) in [6.45, 7) is 1.57. The molecule has 0 radical (unpaired) electrons. The SMILES string of the molecule is C[C@H]1CC[C@@H](c2nc3c4cc(F)cc(F)c4nc(N)n3n2)CN1C(=O)c1cnn(CC(F)F)c1. The van der Waals surface area contributed by atoms with Crippen molar-refractivity contribution in [2.75, 3.05) is 12.3 Å². The summed E-state index contributed by atoms with van der Waals surface area (Å²) in [6.07, 6.45) is 1.30. The maximum Gasteiger partial charge on any atom is 0.257 e. The Kier molecular flexibility index (Phi) is 5.33. The normalized spacial score (nSPS) is 18.9. The number of nitrogen functional groups attached to an aromatic ring is 1. The smallest absolute Gasteiger partial charge is 0.257 e. The summed E-state index contributed by atoms with van der Waals surface area (Å²) < 4.78 is 55.6. The number of rotatable bonds is 4. The topological polar surface area (TPSA) is 107 Å². The van der Waals surface area contributed by atoms with Gasteiger partial charge in [-0.2, -0.15) is 9.61 Å². The molecule has 1 fully saturated rings. The largest absolute Gasteiger partial charge is 0.368 e. The highest BCUT2D eigenvalue weighted by atomic mass is 19.3. The van der Waals surface area contributed by atoms with Gasteiger partial charge in [0.25, 0.3) is 12.3 Å². The highest BCUT2D eigenvalue weighted by Crippen LogP contribution is 2.31. The molecular formula is C21H20F4N8O. The Bertz CT molecular complexity index is 1400. The standard InChI is InChI=1S/C21H20F4N8O/c1-10-2-3-11(8-32(10)20(34)12-6-27-31(7-12)9-16(24)25)18-29-19-14-4-13(22)5-15(23)17(14)28-21(26)33(19)30-18/h4-7,10-11,16H,2-3,8-9H2,1H3,(H2,26,28)/t10-,11+/m0/s1. The van der Waals surface area contributed by atoms with Gasteiger partial charge < -0.3 is 10.6 Å². The van der Waals surface area contributed by atoms with Crippen molar-refractivity contribution in [2.45, 2.75) is 44.7 Å². The Morgan fingerprint density at radius 3 is 2.79 bits per heavy atom. The van der Waals surface area contributed by atoms with E-state index < -0.39 is 24.6 Å². The summed E-state index contributed by atoms with van der Waals surface area (Å²) in [7, 11) is 0. The lowest BCUT2D eigenvalue weighted by Crippen LogP contribution is -2.45. The monoisotopic (exact) mass is 476 g/mol. The number of carbonyl (C=O) groups is 1. The number of piperidine rings is 1. The molecule has 34 heavy (non-hydrogen) atoms. The third-order valence-electron chi connectivity index (χ3n) is 6.05. The van der Waals surface area contributed by atoms with Crippen LogP contribution in [0.25, 0.3) is 16.6 Å². The first-order valence-electron chi connectivity index (χ1n) is 10.6. The van der Waals surface area contributed by atoms with Crippen molar-refractivity contribution in [2.24, 2.45) is 0 Å². The molecule has 2 atom stereocenters. The molecule has 0 bridgehead atoms. The maximum absolute atomic E-state index is 14.2. The fourth-order valence-corrected chi connectivity index (χ4v) is 4.33. The van der Waals surface area contributed by atoms with E-state index in [0.717, 1.165) is 16.8 Å². The van der Waals surface area contributed by atoms with Crippen LogP contribution in [0, 0.1) is 11.6 Å². The molecule has 1 aromatic carbocycles. The minimum absolute atomic E-state index is 0.102. The van der Waals surface area contributed by atoms with Crippen LogP contribution >= 0.6 is 0 Å². The van der Waals surface area contributed by atoms with Crippen LogP contribution < -0.4 is 5.73 Å². The van der Waals surface area contributed by atoms with Crippen molar-refractivity contribution in [3.05, 3.63) is 47.5 Å². The molecule has 4 heterocycles. The zero-order chi connectivity index (χ0) is 24.1. The number of nitrogens with zero attached hydrogens (tertiary/aromatic N) is 7. The van der Waals surface area contributed by atoms with Gasteiger partial charge in [0.05, 0.1) is 17.1 Å². The van der Waals surface area contributed by atoms with Crippen molar-refractivity contribution in [3.8, 4) is 0 Å². The molecule has 1 saturated heterocycles. The number of amides is 1. The molecule has 4 aromatic rings. The number of anilines is 1. The zero-order valence-corrected chi connectivity index (χ0v) is 18.0. The van der Waals surface area contributed by atoms with Gasteiger partial charge in [-0.25, -0.2) is 27.5 Å². The number of carbonyl (C=O) groups excluding carboxylic acids is 1. The average molecular weight is 476 g/mol. The summed E-state index contributed by atoms with van der Waals surface area (Å²) >= 11 is 0. The van der Waals surface area contributed by atoms with E-state index >= 15 is 0 Å². The first kappa shape index (κ1) is 22.0. The molecule has 0 aliphatic carbocycles. The average Bonchev–Trinajstić information content (AvgIpc) is 3.42. The second-order valence-corrected chi connectivity index (χ2v) is 8.38. The van der Waals surface area contributed by atoms with Crippen molar-refractivity contribution < 1.29 is 22.4 Å². The Balaban J connectivity index is 1.46. The summed E-state index contributed by atoms with van der Waals surface area (Å²) in [5.74, 6) is -1.98. The minimum Gasteiger partial charge on any atom is -0.368 e. The van der Waals surface area contributed by atoms with Crippen LogP contribution in [-0.2, 0) is 6.54 Å². The number of hydrogen-bond acceptors (Lipinski definition) is 6. The second-order valence-electron chi connectivity index (χ2n) is 8.38. The Morgan fingerprint density at radius 2 is 2.03 bits per heavy atom. The van der Waals surface area contributed by atoms with Gasteiger partial charge in [-0.1, -0.05) is 0 Å². The second kappa shape index (κ2) is 8.22. The van der Waals surface area contributed by atoms with Gasteiger partial charge in [0.15, 0.2) is 17.3 Å². The highest BCUT2D eigenvalue weighted by molar-refractivity contribution is 5.94. The van der Waals surface area contributed by atoms with Crippen LogP contribution in [0.1, 0.15) is 41.9 Å². The lowest BCUT2D eigenvalue weighted by atomic mass is 9.92. The predicted molar refractivity (Wildman–Crippen MR) is 113 cm³/mol. The van der Waals surface area contributed by atoms with Crippen molar-refractivity contribution in [1.82, 2.24) is 34.3 Å². The summed E-state index contributed by atoms with van der Waals surface area (Å²) in [6, 6.07) is 1.74. The molecule has 2 N–H and O–H groups in total. The van der Waals surface area contributed by atoms with Gasteiger partial charge in [-0.05, 0) is 25.8 Å². The van der Waals surface area contributed by atoms with Crippen LogP contribution in [0.2, 0.25) is 0 Å². The molecule has 0 unspecified atom stereocenters. The van der Waals surface area contributed by atoms with Gasteiger partial charge in [-0.15, -0.1) is 5.10 Å². The lowest BCUT2D eigenvalue weighted by Gasteiger charge is -2.36. The van der Waals surface area contributed by atoms with Crippen LogP contribution in [0.4, 0.5) is 23.5 Å². The molecule has 178 valence electrons. The predicted octanol–water partition coefficient (Wildman–Crippen LogP) is 3.01. The Hall–Kier alpha value is -3.77. The Morgan fingerprint density at radius 1 is 1.24 bits per heavy atom. The molecule has 0 saturated carbocycles. The number of fused-ring (bicyclic) bond motifs is 3. The number of halogens is 4. The molecule has 5 rings (SSSR count).